The molecule has 0 radical (unpaired) electrons. The van der Waals surface area contributed by atoms with Gasteiger partial charge in [-0.2, -0.15) is 0 Å². The fourth-order valence-electron chi connectivity index (χ4n) is 1.95. The van der Waals surface area contributed by atoms with Crippen LogP contribution in [0.3, 0.4) is 0 Å². The molecule has 0 spiro atoms. The van der Waals surface area contributed by atoms with Crippen molar-refractivity contribution in [2.75, 3.05) is 6.61 Å². The Labute approximate surface area is 89.5 Å². The van der Waals surface area contributed by atoms with Crippen LogP contribution in [0.1, 0.15) is 25.5 Å². The highest BCUT2D eigenvalue weighted by molar-refractivity contribution is 4.93. The monoisotopic (exact) mass is 210 g/mol. The minimum atomic E-state index is 0.108. The summed E-state index contributed by atoms with van der Waals surface area (Å²) in [6.07, 6.45) is 4.42. The maximum absolute atomic E-state index is 8.72. The number of hydrogen-bond acceptors (Lipinski definition) is 4. The van der Waals surface area contributed by atoms with Crippen LogP contribution in [-0.2, 0) is 13.1 Å². The molecule has 84 valence electrons. The Balaban J connectivity index is 1.73. The highest BCUT2D eigenvalue weighted by Crippen LogP contribution is 2.26. The first-order valence-electron chi connectivity index (χ1n) is 5.51. The zero-order chi connectivity index (χ0) is 10.7. The maximum Gasteiger partial charge on any atom is 0.0964 e. The van der Waals surface area contributed by atoms with E-state index in [2.05, 4.69) is 22.6 Å². The summed E-state index contributed by atoms with van der Waals surface area (Å²) in [7, 11) is 0. The topological polar surface area (TPSA) is 63.0 Å². The van der Waals surface area contributed by atoms with Crippen LogP contribution in [0.4, 0.5) is 0 Å². The van der Waals surface area contributed by atoms with Crippen molar-refractivity contribution in [3.05, 3.63) is 11.9 Å². The SMILES string of the molecule is CC1CC(NCc2cn(CCO)nn2)C1. The average Bonchev–Trinajstić information content (AvgIpc) is 2.59. The van der Waals surface area contributed by atoms with Crippen molar-refractivity contribution in [2.45, 2.75) is 38.9 Å². The standard InChI is InChI=1S/C10H18N4O/c1-8-4-9(5-8)11-6-10-7-14(2-3-15)13-12-10/h7-9,11,15H,2-6H2,1H3. The van der Waals surface area contributed by atoms with E-state index in [1.165, 1.54) is 12.8 Å². The first-order chi connectivity index (χ1) is 7.28. The third-order valence-corrected chi connectivity index (χ3v) is 2.86. The van der Waals surface area contributed by atoms with Gasteiger partial charge in [-0.15, -0.1) is 5.10 Å². The first kappa shape index (κ1) is 10.6. The second-order valence-corrected chi connectivity index (χ2v) is 4.35. The molecule has 0 saturated heterocycles. The lowest BCUT2D eigenvalue weighted by Crippen LogP contribution is -2.39. The van der Waals surface area contributed by atoms with Crippen LogP contribution in [-0.4, -0.2) is 32.7 Å². The van der Waals surface area contributed by atoms with Gasteiger partial charge in [0.2, 0.25) is 0 Å². The lowest BCUT2D eigenvalue weighted by atomic mass is 9.82. The second-order valence-electron chi connectivity index (χ2n) is 4.35. The van der Waals surface area contributed by atoms with Crippen LogP contribution in [0.15, 0.2) is 6.20 Å². The van der Waals surface area contributed by atoms with Crippen molar-refractivity contribution in [1.29, 1.82) is 0 Å². The predicted octanol–water partition coefficient (Wildman–Crippen LogP) is 0.158. The van der Waals surface area contributed by atoms with E-state index in [-0.39, 0.29) is 6.61 Å². The highest BCUT2D eigenvalue weighted by Gasteiger charge is 2.24. The molecule has 0 unspecified atom stereocenters. The molecule has 15 heavy (non-hydrogen) atoms. The predicted molar refractivity (Wildman–Crippen MR) is 56.1 cm³/mol. The van der Waals surface area contributed by atoms with Crippen LogP contribution in [0.2, 0.25) is 0 Å². The molecule has 1 aliphatic rings. The van der Waals surface area contributed by atoms with Gasteiger partial charge in [0, 0.05) is 18.8 Å². The van der Waals surface area contributed by atoms with E-state index in [0.29, 0.717) is 12.6 Å². The number of rotatable bonds is 5. The van der Waals surface area contributed by atoms with Crippen molar-refractivity contribution < 1.29 is 5.11 Å². The van der Waals surface area contributed by atoms with Gasteiger partial charge in [0.05, 0.1) is 18.8 Å². The number of hydrogen-bond donors (Lipinski definition) is 2. The van der Waals surface area contributed by atoms with Crippen LogP contribution < -0.4 is 5.32 Å². The van der Waals surface area contributed by atoms with Gasteiger partial charge < -0.3 is 10.4 Å². The van der Waals surface area contributed by atoms with E-state index in [1.54, 1.807) is 4.68 Å². The van der Waals surface area contributed by atoms with Gasteiger partial charge >= 0.3 is 0 Å². The van der Waals surface area contributed by atoms with Crippen molar-refractivity contribution in [1.82, 2.24) is 20.3 Å². The summed E-state index contributed by atoms with van der Waals surface area (Å²) in [5.41, 5.74) is 0.947. The van der Waals surface area contributed by atoms with E-state index in [4.69, 9.17) is 5.11 Å². The molecule has 1 fully saturated rings. The normalized spacial score (nSPS) is 25.2. The fraction of sp³-hybridized carbons (Fsp3) is 0.800. The molecule has 0 bridgehead atoms. The van der Waals surface area contributed by atoms with Gasteiger partial charge in [0.15, 0.2) is 0 Å². The largest absolute Gasteiger partial charge is 0.394 e. The molecular weight excluding hydrogens is 192 g/mol. The van der Waals surface area contributed by atoms with E-state index < -0.39 is 0 Å². The molecule has 1 aliphatic carbocycles. The molecule has 1 heterocycles. The van der Waals surface area contributed by atoms with Crippen molar-refractivity contribution in [3.8, 4) is 0 Å². The Bertz CT molecular complexity index is 306. The fourth-order valence-corrected chi connectivity index (χ4v) is 1.95. The van der Waals surface area contributed by atoms with E-state index in [0.717, 1.165) is 18.2 Å². The Morgan fingerprint density at radius 2 is 2.40 bits per heavy atom. The minimum Gasteiger partial charge on any atom is -0.394 e. The first-order valence-corrected chi connectivity index (χ1v) is 5.51. The molecule has 1 aromatic heterocycles. The van der Waals surface area contributed by atoms with E-state index in [9.17, 15) is 0 Å². The molecule has 0 atom stereocenters. The van der Waals surface area contributed by atoms with E-state index in [1.807, 2.05) is 6.20 Å². The number of aliphatic hydroxyl groups excluding tert-OH is 1. The molecule has 1 aromatic rings. The molecule has 0 amide bonds. The van der Waals surface area contributed by atoms with Crippen LogP contribution in [0, 0.1) is 5.92 Å². The zero-order valence-corrected chi connectivity index (χ0v) is 9.06. The third kappa shape index (κ3) is 2.76. The summed E-state index contributed by atoms with van der Waals surface area (Å²) in [6, 6.07) is 0.656. The van der Waals surface area contributed by atoms with Gasteiger partial charge in [-0.05, 0) is 18.8 Å². The number of aromatic nitrogens is 3. The lowest BCUT2D eigenvalue weighted by Gasteiger charge is -2.33. The molecule has 1 saturated carbocycles. The zero-order valence-electron chi connectivity index (χ0n) is 9.06. The number of nitrogens with zero attached hydrogens (tertiary/aromatic N) is 3. The molecule has 5 nitrogen and oxygen atoms in total. The quantitative estimate of drug-likeness (QED) is 0.726. The molecular formula is C10H18N4O. The molecule has 5 heteroatoms. The minimum absolute atomic E-state index is 0.108. The van der Waals surface area contributed by atoms with Crippen molar-refractivity contribution in [2.24, 2.45) is 5.92 Å². The Morgan fingerprint density at radius 3 is 3.07 bits per heavy atom. The third-order valence-electron chi connectivity index (χ3n) is 2.86. The Morgan fingerprint density at radius 1 is 1.60 bits per heavy atom. The maximum atomic E-state index is 8.72. The van der Waals surface area contributed by atoms with Gasteiger partial charge in [0.1, 0.15) is 0 Å². The highest BCUT2D eigenvalue weighted by atomic mass is 16.3. The summed E-state index contributed by atoms with van der Waals surface area (Å²) >= 11 is 0. The second kappa shape index (κ2) is 4.72. The summed E-state index contributed by atoms with van der Waals surface area (Å²) in [6.45, 7) is 3.68. The smallest absolute Gasteiger partial charge is 0.0964 e. The summed E-state index contributed by atoms with van der Waals surface area (Å²) in [5, 5.41) is 20.1. The summed E-state index contributed by atoms with van der Waals surface area (Å²) in [4.78, 5) is 0. The number of aliphatic hydroxyl groups is 1. The Kier molecular flexibility index (Phi) is 3.33. The molecule has 0 aliphatic heterocycles. The molecule has 0 aromatic carbocycles. The molecule has 2 N–H and O–H groups in total. The number of nitrogens with one attached hydrogen (secondary N) is 1. The Hall–Kier alpha value is -0.940. The van der Waals surface area contributed by atoms with Crippen LogP contribution in [0.25, 0.3) is 0 Å². The summed E-state index contributed by atoms with van der Waals surface area (Å²) in [5.74, 6) is 0.868. The van der Waals surface area contributed by atoms with Gasteiger partial charge in [0.25, 0.3) is 0 Å². The molecule has 2 rings (SSSR count). The van der Waals surface area contributed by atoms with Gasteiger partial charge in [-0.3, -0.25) is 0 Å². The van der Waals surface area contributed by atoms with Crippen molar-refractivity contribution in [3.63, 3.8) is 0 Å². The lowest BCUT2D eigenvalue weighted by molar-refractivity contribution is 0.239. The summed E-state index contributed by atoms with van der Waals surface area (Å²) < 4.78 is 1.67. The van der Waals surface area contributed by atoms with Crippen molar-refractivity contribution >= 4 is 0 Å². The average molecular weight is 210 g/mol. The van der Waals surface area contributed by atoms with Gasteiger partial charge in [-0.25, -0.2) is 4.68 Å². The van der Waals surface area contributed by atoms with Crippen LogP contribution in [0.5, 0.6) is 0 Å². The van der Waals surface area contributed by atoms with Gasteiger partial charge in [-0.1, -0.05) is 12.1 Å². The van der Waals surface area contributed by atoms with Crippen LogP contribution >= 0.6 is 0 Å². The van der Waals surface area contributed by atoms with E-state index >= 15 is 0 Å².